The summed E-state index contributed by atoms with van der Waals surface area (Å²) in [6, 6.07) is 23.7. The van der Waals surface area contributed by atoms with E-state index in [0.717, 1.165) is 0 Å². The minimum Gasteiger partial charge on any atom is -0.326 e. The SMILES string of the molecule is N#Cc1ccccc1S(=O)(=O)N1CCC(C(=O)Nc2cccc(C(=O)c3ccccc3)c2)CC1. The van der Waals surface area contributed by atoms with Crippen LogP contribution in [0, 0.1) is 17.2 Å². The van der Waals surface area contributed by atoms with E-state index in [1.807, 2.05) is 12.1 Å². The molecule has 0 spiro atoms. The third kappa shape index (κ3) is 4.91. The zero-order valence-electron chi connectivity index (χ0n) is 18.3. The number of nitriles is 1. The number of nitrogens with zero attached hydrogens (tertiary/aromatic N) is 2. The summed E-state index contributed by atoms with van der Waals surface area (Å²) in [5, 5.41) is 12.1. The number of ketones is 1. The second-order valence-corrected chi connectivity index (χ2v) is 9.96. The van der Waals surface area contributed by atoms with Gasteiger partial charge >= 0.3 is 0 Å². The summed E-state index contributed by atoms with van der Waals surface area (Å²) in [5.41, 5.74) is 1.66. The van der Waals surface area contributed by atoms with E-state index in [1.54, 1.807) is 60.7 Å². The van der Waals surface area contributed by atoms with Crippen LogP contribution in [0.25, 0.3) is 0 Å². The van der Waals surface area contributed by atoms with Gasteiger partial charge < -0.3 is 5.32 Å². The van der Waals surface area contributed by atoms with Crippen molar-refractivity contribution < 1.29 is 18.0 Å². The lowest BCUT2D eigenvalue weighted by atomic mass is 9.97. The molecular weight excluding hydrogens is 450 g/mol. The van der Waals surface area contributed by atoms with Crippen LogP contribution in [0.2, 0.25) is 0 Å². The lowest BCUT2D eigenvalue weighted by molar-refractivity contribution is -0.120. The summed E-state index contributed by atoms with van der Waals surface area (Å²) in [7, 11) is -3.81. The fourth-order valence-electron chi connectivity index (χ4n) is 4.02. The number of rotatable bonds is 6. The van der Waals surface area contributed by atoms with Gasteiger partial charge in [-0.1, -0.05) is 54.6 Å². The average Bonchev–Trinajstić information content (AvgIpc) is 2.89. The minimum atomic E-state index is -3.81. The molecule has 3 aromatic rings. The Morgan fingerprint density at radius 2 is 1.53 bits per heavy atom. The normalized spacial score (nSPS) is 14.8. The molecule has 0 radical (unpaired) electrons. The van der Waals surface area contributed by atoms with Gasteiger partial charge in [-0.05, 0) is 37.1 Å². The van der Waals surface area contributed by atoms with Crippen molar-refractivity contribution in [2.24, 2.45) is 5.92 Å². The van der Waals surface area contributed by atoms with Crippen LogP contribution in [0.5, 0.6) is 0 Å². The molecule has 0 aliphatic carbocycles. The predicted molar refractivity (Wildman–Crippen MR) is 128 cm³/mol. The van der Waals surface area contributed by atoms with Gasteiger partial charge in [0.05, 0.1) is 10.5 Å². The molecule has 34 heavy (non-hydrogen) atoms. The molecular formula is C26H23N3O4S. The molecule has 8 heteroatoms. The zero-order chi connectivity index (χ0) is 24.1. The van der Waals surface area contributed by atoms with Crippen molar-refractivity contribution in [3.05, 3.63) is 95.6 Å². The molecule has 7 nitrogen and oxygen atoms in total. The summed E-state index contributed by atoms with van der Waals surface area (Å²) in [6.07, 6.45) is 0.727. The maximum absolute atomic E-state index is 13.0. The van der Waals surface area contributed by atoms with Crippen LogP contribution in [-0.4, -0.2) is 37.5 Å². The quantitative estimate of drug-likeness (QED) is 0.548. The first-order valence-corrected chi connectivity index (χ1v) is 12.3. The highest BCUT2D eigenvalue weighted by molar-refractivity contribution is 7.89. The second-order valence-electron chi connectivity index (χ2n) is 8.05. The van der Waals surface area contributed by atoms with E-state index >= 15 is 0 Å². The van der Waals surface area contributed by atoms with Gasteiger partial charge in [0.15, 0.2) is 5.78 Å². The molecule has 1 aliphatic heterocycles. The second kappa shape index (κ2) is 10.00. The van der Waals surface area contributed by atoms with Gasteiger partial charge in [-0.3, -0.25) is 9.59 Å². The number of amides is 1. The fourth-order valence-corrected chi connectivity index (χ4v) is 5.63. The number of carbonyl (C=O) groups is 2. The highest BCUT2D eigenvalue weighted by Crippen LogP contribution is 2.26. The number of hydrogen-bond acceptors (Lipinski definition) is 5. The van der Waals surface area contributed by atoms with E-state index in [-0.39, 0.29) is 41.2 Å². The molecule has 1 N–H and O–H groups in total. The number of anilines is 1. The van der Waals surface area contributed by atoms with Crippen molar-refractivity contribution in [3.63, 3.8) is 0 Å². The first-order valence-electron chi connectivity index (χ1n) is 10.9. The van der Waals surface area contributed by atoms with Crippen molar-refractivity contribution in [1.82, 2.24) is 4.31 Å². The van der Waals surface area contributed by atoms with Crippen molar-refractivity contribution in [2.75, 3.05) is 18.4 Å². The van der Waals surface area contributed by atoms with E-state index in [2.05, 4.69) is 5.32 Å². The van der Waals surface area contributed by atoms with E-state index in [9.17, 15) is 23.3 Å². The molecule has 172 valence electrons. The summed E-state index contributed by atoms with van der Waals surface area (Å²) in [4.78, 5) is 25.5. The van der Waals surface area contributed by atoms with Gasteiger partial charge in [-0.25, -0.2) is 8.42 Å². The third-order valence-electron chi connectivity index (χ3n) is 5.88. The molecule has 3 aromatic carbocycles. The van der Waals surface area contributed by atoms with Crippen LogP contribution < -0.4 is 5.32 Å². The number of carbonyl (C=O) groups excluding carboxylic acids is 2. The molecule has 1 amide bonds. The Balaban J connectivity index is 1.40. The fraction of sp³-hybridized carbons (Fsp3) is 0.192. The van der Waals surface area contributed by atoms with Crippen LogP contribution in [-0.2, 0) is 14.8 Å². The molecule has 0 aromatic heterocycles. The van der Waals surface area contributed by atoms with Gasteiger partial charge in [-0.15, -0.1) is 0 Å². The van der Waals surface area contributed by atoms with Crippen molar-refractivity contribution in [2.45, 2.75) is 17.7 Å². The maximum atomic E-state index is 13.0. The predicted octanol–water partition coefficient (Wildman–Crippen LogP) is 3.83. The molecule has 0 atom stereocenters. The Morgan fingerprint density at radius 1 is 0.882 bits per heavy atom. The Bertz CT molecular complexity index is 1360. The first-order chi connectivity index (χ1) is 16.4. The summed E-state index contributed by atoms with van der Waals surface area (Å²) in [6.45, 7) is 0.374. The smallest absolute Gasteiger partial charge is 0.244 e. The lowest BCUT2D eigenvalue weighted by Gasteiger charge is -2.30. The molecule has 4 rings (SSSR count). The molecule has 0 unspecified atom stereocenters. The Kier molecular flexibility index (Phi) is 6.87. The van der Waals surface area contributed by atoms with E-state index < -0.39 is 10.0 Å². The number of piperidine rings is 1. The van der Waals surface area contributed by atoms with Crippen molar-refractivity contribution >= 4 is 27.4 Å². The van der Waals surface area contributed by atoms with Gasteiger partial charge in [-0.2, -0.15) is 9.57 Å². The summed E-state index contributed by atoms with van der Waals surface area (Å²) in [5.74, 6) is -0.696. The molecule has 1 fully saturated rings. The Morgan fingerprint density at radius 3 is 2.24 bits per heavy atom. The molecule has 1 saturated heterocycles. The van der Waals surface area contributed by atoms with Crippen LogP contribution in [0.4, 0.5) is 5.69 Å². The van der Waals surface area contributed by atoms with Crippen LogP contribution in [0.3, 0.4) is 0 Å². The largest absolute Gasteiger partial charge is 0.326 e. The van der Waals surface area contributed by atoms with E-state index in [0.29, 0.717) is 29.7 Å². The molecule has 1 heterocycles. The van der Waals surface area contributed by atoms with Crippen molar-refractivity contribution in [1.29, 1.82) is 5.26 Å². The number of nitrogens with one attached hydrogen (secondary N) is 1. The topological polar surface area (TPSA) is 107 Å². The van der Waals surface area contributed by atoms with Crippen LogP contribution in [0.15, 0.2) is 83.8 Å². The minimum absolute atomic E-state index is 0.0136. The Labute approximate surface area is 198 Å². The van der Waals surface area contributed by atoms with Gasteiger partial charge in [0.2, 0.25) is 15.9 Å². The van der Waals surface area contributed by atoms with E-state index in [1.165, 1.54) is 16.4 Å². The Hall–Kier alpha value is -3.80. The summed E-state index contributed by atoms with van der Waals surface area (Å²) >= 11 is 0. The van der Waals surface area contributed by atoms with Crippen LogP contribution >= 0.6 is 0 Å². The lowest BCUT2D eigenvalue weighted by Crippen LogP contribution is -2.41. The number of hydrogen-bond donors (Lipinski definition) is 1. The first kappa shape index (κ1) is 23.4. The van der Waals surface area contributed by atoms with Gasteiger partial charge in [0.1, 0.15) is 6.07 Å². The number of sulfonamides is 1. The van der Waals surface area contributed by atoms with E-state index in [4.69, 9.17) is 0 Å². The van der Waals surface area contributed by atoms with Gasteiger partial charge in [0.25, 0.3) is 0 Å². The monoisotopic (exact) mass is 473 g/mol. The van der Waals surface area contributed by atoms with Crippen molar-refractivity contribution in [3.8, 4) is 6.07 Å². The molecule has 0 bridgehead atoms. The highest BCUT2D eigenvalue weighted by Gasteiger charge is 2.33. The standard InChI is InChI=1S/C26H23N3O4S/c27-18-22-9-4-5-12-24(22)34(32,33)29-15-13-20(14-16-29)26(31)28-23-11-6-10-21(17-23)25(30)19-7-2-1-3-8-19/h1-12,17,20H,13-16H2,(H,28,31). The highest BCUT2D eigenvalue weighted by atomic mass is 32.2. The summed E-state index contributed by atoms with van der Waals surface area (Å²) < 4.78 is 27.3. The van der Waals surface area contributed by atoms with Crippen LogP contribution in [0.1, 0.15) is 34.3 Å². The van der Waals surface area contributed by atoms with Gasteiger partial charge in [0, 0.05) is 35.8 Å². The maximum Gasteiger partial charge on any atom is 0.244 e. The average molecular weight is 474 g/mol. The zero-order valence-corrected chi connectivity index (χ0v) is 19.2. The molecule has 1 aliphatic rings. The third-order valence-corrected chi connectivity index (χ3v) is 7.84. The number of benzene rings is 3. The molecule has 0 saturated carbocycles.